The molecule has 1 N–H and O–H groups in total. The largest absolute Gasteiger partial charge is 0.479 e. The number of carbonyl (C=O) groups excluding carboxylic acids is 5. The molecule has 0 radical (unpaired) electrons. The zero-order chi connectivity index (χ0) is 28.3. The maximum Gasteiger partial charge on any atom is 0.408 e. The van der Waals surface area contributed by atoms with Gasteiger partial charge in [0, 0.05) is 11.7 Å². The molecule has 1 aliphatic heterocycles. The van der Waals surface area contributed by atoms with Crippen molar-refractivity contribution in [3.63, 3.8) is 0 Å². The highest BCUT2D eigenvalue weighted by Gasteiger charge is 2.60. The van der Waals surface area contributed by atoms with Crippen molar-refractivity contribution in [1.82, 2.24) is 10.2 Å². The van der Waals surface area contributed by atoms with Gasteiger partial charge in [0.2, 0.25) is 4.38 Å². The minimum atomic E-state index is -1.25. The number of hydrogen-bond donors (Lipinski definition) is 1. The molecule has 2 unspecified atom stereocenters. The molecule has 38 heavy (non-hydrogen) atoms. The number of nitrogens with zero attached hydrogens (tertiary/aromatic N) is 1. The summed E-state index contributed by atoms with van der Waals surface area (Å²) in [5.41, 5.74) is -1.51. The first kappa shape index (κ1) is 29.6. The lowest BCUT2D eigenvalue weighted by molar-refractivity contribution is -0.143. The van der Waals surface area contributed by atoms with Crippen LogP contribution in [0.25, 0.3) is 0 Å². The molecule has 2 aliphatic rings. The van der Waals surface area contributed by atoms with Crippen LogP contribution in [-0.4, -0.2) is 75.1 Å². The van der Waals surface area contributed by atoms with Crippen molar-refractivity contribution in [1.29, 1.82) is 0 Å². The predicted molar refractivity (Wildman–Crippen MR) is 144 cm³/mol. The number of fused-ring (bicyclic) bond motifs is 1. The van der Waals surface area contributed by atoms with Crippen molar-refractivity contribution in [2.45, 2.75) is 75.8 Å². The number of Topliss-reactive ketones (excluding diaryl/α,β-unsaturated/α-hetero) is 1. The van der Waals surface area contributed by atoms with Crippen LogP contribution >= 0.6 is 24.0 Å². The van der Waals surface area contributed by atoms with Crippen molar-refractivity contribution in [3.05, 3.63) is 35.4 Å². The van der Waals surface area contributed by atoms with Gasteiger partial charge < -0.3 is 19.5 Å². The molecule has 206 valence electrons. The molecular formula is C26H32N2O8S2. The molecule has 3 amide bonds. The third kappa shape index (κ3) is 6.71. The predicted octanol–water partition coefficient (Wildman–Crippen LogP) is 3.65. The highest BCUT2D eigenvalue weighted by molar-refractivity contribution is 8.23. The Morgan fingerprint density at radius 1 is 1.13 bits per heavy atom. The molecule has 12 heteroatoms. The smallest absolute Gasteiger partial charge is 0.408 e. The van der Waals surface area contributed by atoms with E-state index in [1.54, 1.807) is 52.0 Å². The summed E-state index contributed by atoms with van der Waals surface area (Å²) in [5.74, 6) is -2.04. The lowest BCUT2D eigenvalue weighted by Gasteiger charge is -2.28. The molecule has 1 saturated carbocycles. The topological polar surface area (TPSA) is 128 Å². The summed E-state index contributed by atoms with van der Waals surface area (Å²) in [6.45, 7) is 7.13. The van der Waals surface area contributed by atoms with Gasteiger partial charge in [-0.1, -0.05) is 23.9 Å². The second-order valence-corrected chi connectivity index (χ2v) is 11.9. The van der Waals surface area contributed by atoms with Crippen molar-refractivity contribution < 1.29 is 38.2 Å². The van der Waals surface area contributed by atoms with Gasteiger partial charge in [-0.25, -0.2) is 9.59 Å². The highest BCUT2D eigenvalue weighted by atomic mass is 32.2. The normalized spacial score (nSPS) is 17.2. The van der Waals surface area contributed by atoms with E-state index >= 15 is 0 Å². The first-order valence-corrected chi connectivity index (χ1v) is 13.5. The van der Waals surface area contributed by atoms with Gasteiger partial charge in [0.1, 0.15) is 17.2 Å². The standard InChI is InChI=1S/C26H32N2O8S2/c1-6-35-24(37)38-15(13-18(22(32)34-5)27-23(33)36-25(2,3)4)14-19(29)26(11-12-26)28-20(30)16-9-7-8-10-17(16)21(28)31/h7-10,15,18H,6,11-14H2,1-5H3,(H,27,33). The Kier molecular flexibility index (Phi) is 9.19. The summed E-state index contributed by atoms with van der Waals surface area (Å²) in [6.07, 6.45) is -0.287. The first-order valence-electron chi connectivity index (χ1n) is 12.2. The number of benzene rings is 1. The fourth-order valence-corrected chi connectivity index (χ4v) is 5.76. The quantitative estimate of drug-likeness (QED) is 0.255. The van der Waals surface area contributed by atoms with E-state index in [1.807, 2.05) is 0 Å². The molecule has 2 atom stereocenters. The highest BCUT2D eigenvalue weighted by Crippen LogP contribution is 2.48. The Morgan fingerprint density at radius 3 is 2.18 bits per heavy atom. The van der Waals surface area contributed by atoms with Crippen LogP contribution in [0.4, 0.5) is 4.79 Å². The van der Waals surface area contributed by atoms with E-state index in [1.165, 1.54) is 7.11 Å². The molecule has 0 aromatic heterocycles. The molecule has 0 bridgehead atoms. The van der Waals surface area contributed by atoms with Gasteiger partial charge in [-0.3, -0.25) is 19.3 Å². The van der Waals surface area contributed by atoms with E-state index in [0.717, 1.165) is 16.7 Å². The Bertz CT molecular complexity index is 1110. The van der Waals surface area contributed by atoms with Crippen molar-refractivity contribution in [2.75, 3.05) is 13.7 Å². The van der Waals surface area contributed by atoms with Gasteiger partial charge in [-0.05, 0) is 71.3 Å². The number of esters is 1. The van der Waals surface area contributed by atoms with E-state index in [9.17, 15) is 24.0 Å². The monoisotopic (exact) mass is 564 g/mol. The Balaban J connectivity index is 1.81. The van der Waals surface area contributed by atoms with Crippen LogP contribution in [0.2, 0.25) is 0 Å². The summed E-state index contributed by atoms with van der Waals surface area (Å²) in [6, 6.07) is 5.33. The molecule has 1 heterocycles. The molecule has 0 saturated heterocycles. The Labute approximate surface area is 231 Å². The molecule has 0 spiro atoms. The molecule has 1 aliphatic carbocycles. The number of imide groups is 1. The molecule has 10 nitrogen and oxygen atoms in total. The van der Waals surface area contributed by atoms with Crippen LogP contribution < -0.4 is 5.32 Å². The molecule has 1 aromatic rings. The van der Waals surface area contributed by atoms with Crippen LogP contribution in [0, 0.1) is 0 Å². The SMILES string of the molecule is CCOC(=S)SC(CC(=O)C1(N2C(=O)c3ccccc3C2=O)CC1)CC(NC(=O)OC(C)(C)C)C(=O)OC. The number of ketones is 1. The summed E-state index contributed by atoms with van der Waals surface area (Å²) in [7, 11) is 1.19. The zero-order valence-electron chi connectivity index (χ0n) is 22.0. The molecule has 1 fully saturated rings. The van der Waals surface area contributed by atoms with Gasteiger partial charge in [0.15, 0.2) is 5.78 Å². The number of carbonyl (C=O) groups is 5. The van der Waals surface area contributed by atoms with Crippen molar-refractivity contribution in [3.8, 4) is 0 Å². The van der Waals surface area contributed by atoms with E-state index in [2.05, 4.69) is 5.32 Å². The third-order valence-electron chi connectivity index (χ3n) is 6.08. The summed E-state index contributed by atoms with van der Waals surface area (Å²) in [4.78, 5) is 65.8. The van der Waals surface area contributed by atoms with Crippen LogP contribution in [0.5, 0.6) is 0 Å². The van der Waals surface area contributed by atoms with Crippen LogP contribution in [0.1, 0.15) is 74.1 Å². The number of alkyl carbamates (subject to hydrolysis) is 1. The maximum atomic E-state index is 13.7. The first-order chi connectivity index (χ1) is 17.8. The van der Waals surface area contributed by atoms with Gasteiger partial charge >= 0.3 is 12.1 Å². The summed E-state index contributed by atoms with van der Waals surface area (Å²) >= 11 is 6.34. The molecular weight excluding hydrogens is 532 g/mol. The number of hydrogen-bond acceptors (Lipinski definition) is 10. The summed E-state index contributed by atoms with van der Waals surface area (Å²) < 4.78 is 15.7. The van der Waals surface area contributed by atoms with E-state index in [-0.39, 0.29) is 34.1 Å². The fourth-order valence-electron chi connectivity index (χ4n) is 4.25. The zero-order valence-corrected chi connectivity index (χ0v) is 23.7. The number of thioether (sulfide) groups is 1. The minimum absolute atomic E-state index is 0.0340. The van der Waals surface area contributed by atoms with Gasteiger partial charge in [-0.15, -0.1) is 0 Å². The Hall–Kier alpha value is -2.99. The molecule has 3 rings (SSSR count). The second-order valence-electron chi connectivity index (χ2n) is 10.0. The fraction of sp³-hybridized carbons (Fsp3) is 0.538. The van der Waals surface area contributed by atoms with Gasteiger partial charge in [-0.2, -0.15) is 0 Å². The number of ether oxygens (including phenoxy) is 3. The van der Waals surface area contributed by atoms with Crippen molar-refractivity contribution >= 4 is 58.0 Å². The number of nitrogens with one attached hydrogen (secondary N) is 1. The number of methoxy groups -OCH3 is 1. The van der Waals surface area contributed by atoms with Gasteiger partial charge in [0.25, 0.3) is 11.8 Å². The van der Waals surface area contributed by atoms with E-state index < -0.39 is 46.3 Å². The van der Waals surface area contributed by atoms with Crippen LogP contribution in [0.3, 0.4) is 0 Å². The van der Waals surface area contributed by atoms with Crippen LogP contribution in [-0.2, 0) is 23.8 Å². The lowest BCUT2D eigenvalue weighted by Crippen LogP contribution is -2.49. The molecule has 1 aromatic carbocycles. The summed E-state index contributed by atoms with van der Waals surface area (Å²) in [5, 5.41) is 1.87. The minimum Gasteiger partial charge on any atom is -0.479 e. The number of rotatable bonds is 10. The average molecular weight is 565 g/mol. The Morgan fingerprint density at radius 2 is 1.71 bits per heavy atom. The van der Waals surface area contributed by atoms with Crippen LogP contribution in [0.15, 0.2) is 24.3 Å². The lowest BCUT2D eigenvalue weighted by atomic mass is 10.00. The second kappa shape index (κ2) is 11.8. The average Bonchev–Trinajstić information content (AvgIpc) is 3.59. The van der Waals surface area contributed by atoms with E-state index in [4.69, 9.17) is 26.4 Å². The number of amides is 3. The van der Waals surface area contributed by atoms with Gasteiger partial charge in [0.05, 0.1) is 24.8 Å². The maximum absolute atomic E-state index is 13.7. The third-order valence-corrected chi connectivity index (χ3v) is 7.49. The van der Waals surface area contributed by atoms with Crippen molar-refractivity contribution in [2.24, 2.45) is 0 Å². The van der Waals surface area contributed by atoms with E-state index in [0.29, 0.717) is 19.4 Å². The number of thiocarbonyl (C=S) groups is 1.